The molecule has 0 fully saturated rings. The maximum Gasteiger partial charge on any atom is 0.433 e. The lowest BCUT2D eigenvalue weighted by molar-refractivity contribution is -0.142. The summed E-state index contributed by atoms with van der Waals surface area (Å²) in [5.41, 5.74) is 1.39. The van der Waals surface area contributed by atoms with Gasteiger partial charge in [0.05, 0.1) is 5.56 Å². The van der Waals surface area contributed by atoms with Gasteiger partial charge in [0.1, 0.15) is 0 Å². The van der Waals surface area contributed by atoms with Gasteiger partial charge in [0.15, 0.2) is 10.7 Å². The van der Waals surface area contributed by atoms with E-state index in [2.05, 4.69) is 4.98 Å². The third-order valence-corrected chi connectivity index (χ3v) is 3.28. The average Bonchev–Trinajstić information content (AvgIpc) is 2.24. The third kappa shape index (κ3) is 3.51. The molecule has 0 spiro atoms. The summed E-state index contributed by atoms with van der Waals surface area (Å²) < 4.78 is 85.0. The van der Waals surface area contributed by atoms with Crippen molar-refractivity contribution >= 4 is 19.7 Å². The summed E-state index contributed by atoms with van der Waals surface area (Å²) in [5.74, 6) is 0. The zero-order chi connectivity index (χ0) is 15.0. The van der Waals surface area contributed by atoms with Gasteiger partial charge in [-0.15, -0.1) is 0 Å². The van der Waals surface area contributed by atoms with Crippen molar-refractivity contribution in [2.45, 2.75) is 24.2 Å². The van der Waals surface area contributed by atoms with Crippen LogP contribution in [0.4, 0.5) is 22.0 Å². The van der Waals surface area contributed by atoms with E-state index in [1.807, 2.05) is 0 Å². The molecule has 0 aliphatic carbocycles. The smallest absolute Gasteiger partial charge is 0.326 e. The zero-order valence-electron chi connectivity index (χ0n) is 8.88. The van der Waals surface area contributed by atoms with Crippen LogP contribution in [0.5, 0.6) is 0 Å². The van der Waals surface area contributed by atoms with E-state index in [4.69, 9.17) is 16.4 Å². The first-order valence-corrected chi connectivity index (χ1v) is 6.83. The lowest BCUT2D eigenvalue weighted by Gasteiger charge is -2.14. The van der Waals surface area contributed by atoms with Gasteiger partial charge < -0.3 is 5.73 Å². The van der Waals surface area contributed by atoms with Gasteiger partial charge in [-0.25, -0.2) is 22.2 Å². The number of aromatic nitrogens is 1. The summed E-state index contributed by atoms with van der Waals surface area (Å²) in [6.07, 6.45) is -8.39. The predicted octanol–water partition coefficient (Wildman–Crippen LogP) is 2.42. The Labute approximate surface area is 108 Å². The van der Waals surface area contributed by atoms with E-state index < -0.39 is 50.0 Å². The highest BCUT2D eigenvalue weighted by Crippen LogP contribution is 2.35. The fraction of sp³-hybridized carbons (Fsp3) is 0.375. The van der Waals surface area contributed by atoms with E-state index in [9.17, 15) is 30.4 Å². The molecule has 0 aliphatic rings. The number of rotatable bonds is 3. The van der Waals surface area contributed by atoms with Crippen LogP contribution in [0.1, 0.15) is 23.2 Å². The fourth-order valence-electron chi connectivity index (χ4n) is 1.31. The van der Waals surface area contributed by atoms with Crippen molar-refractivity contribution in [2.24, 2.45) is 5.73 Å². The second-order valence-electron chi connectivity index (χ2n) is 3.33. The number of alkyl halides is 5. The highest BCUT2D eigenvalue weighted by atomic mass is 35.7. The predicted molar refractivity (Wildman–Crippen MR) is 55.1 cm³/mol. The lowest BCUT2D eigenvalue weighted by Crippen LogP contribution is -2.18. The first kappa shape index (κ1) is 16.1. The molecule has 1 heterocycles. The fourth-order valence-corrected chi connectivity index (χ4v) is 2.31. The van der Waals surface area contributed by atoms with Gasteiger partial charge in [-0.2, -0.15) is 13.2 Å². The minimum absolute atomic E-state index is 0.343. The maximum atomic E-state index is 12.6. The van der Waals surface area contributed by atoms with Crippen molar-refractivity contribution in [3.8, 4) is 0 Å². The topological polar surface area (TPSA) is 73.1 Å². The van der Waals surface area contributed by atoms with E-state index in [1.54, 1.807) is 0 Å². The second kappa shape index (κ2) is 5.17. The Morgan fingerprint density at radius 3 is 2.21 bits per heavy atom. The quantitative estimate of drug-likeness (QED) is 0.684. The highest BCUT2D eigenvalue weighted by Gasteiger charge is 2.38. The van der Waals surface area contributed by atoms with Crippen molar-refractivity contribution in [3.05, 3.63) is 22.9 Å². The van der Waals surface area contributed by atoms with Crippen molar-refractivity contribution in [1.82, 2.24) is 4.98 Å². The molecule has 108 valence electrons. The van der Waals surface area contributed by atoms with Crippen molar-refractivity contribution in [3.63, 3.8) is 0 Å². The number of hydrogen-bond acceptors (Lipinski definition) is 4. The molecule has 0 atom stereocenters. The molecule has 11 heteroatoms. The van der Waals surface area contributed by atoms with Crippen molar-refractivity contribution < 1.29 is 30.4 Å². The summed E-state index contributed by atoms with van der Waals surface area (Å²) in [6.45, 7) is -0.732. The largest absolute Gasteiger partial charge is 0.433 e. The van der Waals surface area contributed by atoms with Gasteiger partial charge in [0.2, 0.25) is 0 Å². The number of pyridine rings is 1. The molecule has 0 bridgehead atoms. The number of nitrogens with zero attached hydrogens (tertiary/aromatic N) is 1. The van der Waals surface area contributed by atoms with Gasteiger partial charge >= 0.3 is 6.18 Å². The Hall–Kier alpha value is -1.00. The Morgan fingerprint density at radius 2 is 1.89 bits per heavy atom. The van der Waals surface area contributed by atoms with E-state index in [1.165, 1.54) is 0 Å². The first-order chi connectivity index (χ1) is 8.48. The van der Waals surface area contributed by atoms with Crippen LogP contribution in [-0.4, -0.2) is 13.4 Å². The minimum Gasteiger partial charge on any atom is -0.326 e. The van der Waals surface area contributed by atoms with E-state index >= 15 is 0 Å². The molecule has 0 radical (unpaired) electrons. The first-order valence-electron chi connectivity index (χ1n) is 4.52. The van der Waals surface area contributed by atoms with Gasteiger partial charge in [-0.3, -0.25) is 0 Å². The molecule has 0 unspecified atom stereocenters. The Balaban J connectivity index is 3.72. The number of hydrogen-bond donors (Lipinski definition) is 1. The van der Waals surface area contributed by atoms with Crippen LogP contribution < -0.4 is 5.73 Å². The zero-order valence-corrected chi connectivity index (χ0v) is 10.5. The Morgan fingerprint density at radius 1 is 1.37 bits per heavy atom. The van der Waals surface area contributed by atoms with Gasteiger partial charge in [0, 0.05) is 17.2 Å². The number of halogens is 6. The lowest BCUT2D eigenvalue weighted by atomic mass is 10.1. The van der Waals surface area contributed by atoms with E-state index in [0.29, 0.717) is 6.07 Å². The summed E-state index contributed by atoms with van der Waals surface area (Å²) in [5, 5.41) is -1.52. The molecular weight excluding hydrogens is 319 g/mol. The highest BCUT2D eigenvalue weighted by molar-refractivity contribution is 8.13. The monoisotopic (exact) mass is 324 g/mol. The van der Waals surface area contributed by atoms with Gasteiger partial charge in [-0.1, -0.05) is 0 Å². The molecule has 1 aromatic rings. The average molecular weight is 325 g/mol. The summed E-state index contributed by atoms with van der Waals surface area (Å²) in [7, 11) is -0.0428. The van der Waals surface area contributed by atoms with Crippen LogP contribution in [0.3, 0.4) is 0 Å². The third-order valence-electron chi connectivity index (χ3n) is 2.05. The van der Waals surface area contributed by atoms with E-state index in [0.717, 1.165) is 0 Å². The molecule has 19 heavy (non-hydrogen) atoms. The normalized spacial score (nSPS) is 13.1. The van der Waals surface area contributed by atoms with E-state index in [-0.39, 0.29) is 0 Å². The molecule has 0 saturated carbocycles. The molecule has 0 amide bonds. The Bertz CT molecular complexity index is 588. The van der Waals surface area contributed by atoms with Crippen LogP contribution in [0, 0.1) is 0 Å². The molecule has 1 rings (SSSR count). The minimum atomic E-state index is -5.04. The molecule has 0 aliphatic heterocycles. The second-order valence-corrected chi connectivity index (χ2v) is 5.81. The summed E-state index contributed by atoms with van der Waals surface area (Å²) in [4.78, 5) is 2.70. The molecule has 4 nitrogen and oxygen atoms in total. The van der Waals surface area contributed by atoms with Crippen molar-refractivity contribution in [1.29, 1.82) is 0 Å². The SMILES string of the molecule is NCc1cc(C(F)F)c(S(=O)(=O)Cl)nc1C(F)(F)F. The van der Waals surface area contributed by atoms with Crippen LogP contribution in [0.2, 0.25) is 0 Å². The van der Waals surface area contributed by atoms with Gasteiger partial charge in [-0.05, 0) is 11.6 Å². The van der Waals surface area contributed by atoms with Crippen LogP contribution in [-0.2, 0) is 21.8 Å². The standard InChI is InChI=1S/C8H6ClF5N2O2S/c9-19(17,18)7-4(6(10)11)1-3(2-15)5(16-7)8(12,13)14/h1,6H,2,15H2. The maximum absolute atomic E-state index is 12.6. The molecule has 1 aromatic heterocycles. The molecular formula is C8H6ClF5N2O2S. The van der Waals surface area contributed by atoms with Gasteiger partial charge in [0.25, 0.3) is 15.5 Å². The molecule has 2 N–H and O–H groups in total. The van der Waals surface area contributed by atoms with Crippen LogP contribution in [0.15, 0.2) is 11.1 Å². The van der Waals surface area contributed by atoms with Crippen LogP contribution in [0.25, 0.3) is 0 Å². The summed E-state index contributed by atoms with van der Waals surface area (Å²) >= 11 is 0. The number of nitrogens with two attached hydrogens (primary N) is 1. The molecule has 0 aromatic carbocycles. The van der Waals surface area contributed by atoms with Crippen molar-refractivity contribution in [2.75, 3.05) is 0 Å². The van der Waals surface area contributed by atoms with Crippen LogP contribution >= 0.6 is 10.7 Å². The summed E-state index contributed by atoms with van der Waals surface area (Å²) in [6, 6.07) is 0.343. The Kier molecular flexibility index (Phi) is 4.37. The molecule has 0 saturated heterocycles.